The zero-order chi connectivity index (χ0) is 19.1. The molecule has 0 aliphatic carbocycles. The first-order valence-electron chi connectivity index (χ1n) is 9.17. The molecule has 2 rings (SSSR count). The van der Waals surface area contributed by atoms with E-state index in [1.807, 2.05) is 6.92 Å². The molecule has 2 aromatic rings. The molecule has 6 nitrogen and oxygen atoms in total. The van der Waals surface area contributed by atoms with E-state index >= 15 is 0 Å². The zero-order valence-electron chi connectivity index (χ0n) is 16.1. The second-order valence-corrected chi connectivity index (χ2v) is 6.48. The Labute approximate surface area is 166 Å². The summed E-state index contributed by atoms with van der Waals surface area (Å²) in [6, 6.07) is 9.95. The minimum atomic E-state index is -0.417. The van der Waals surface area contributed by atoms with Crippen LogP contribution in [-0.2, 0) is 0 Å². The fraction of sp³-hybridized carbons (Fsp3) is 0.450. The van der Waals surface area contributed by atoms with Gasteiger partial charge >= 0.3 is 0 Å². The summed E-state index contributed by atoms with van der Waals surface area (Å²) >= 11 is 0. The van der Waals surface area contributed by atoms with E-state index < -0.39 is 4.92 Å². The quantitative estimate of drug-likeness (QED) is 0.505. The summed E-state index contributed by atoms with van der Waals surface area (Å²) in [5.41, 5.74) is 0.492. The molecule has 27 heavy (non-hydrogen) atoms. The topological polar surface area (TPSA) is 75.5 Å². The van der Waals surface area contributed by atoms with Gasteiger partial charge in [-0.15, -0.1) is 12.4 Å². The van der Waals surface area contributed by atoms with Crippen LogP contribution in [-0.4, -0.2) is 41.4 Å². The third-order valence-electron chi connectivity index (χ3n) is 4.72. The van der Waals surface area contributed by atoms with Crippen molar-refractivity contribution in [2.75, 3.05) is 19.6 Å². The molecule has 0 saturated carbocycles. The number of nitro benzene ring substituents is 1. The number of nitrogens with one attached hydrogen (secondary N) is 1. The molecule has 0 fully saturated rings. The number of carbonyl (C=O) groups is 1. The molecule has 1 N–H and O–H groups in total. The van der Waals surface area contributed by atoms with E-state index in [-0.39, 0.29) is 30.0 Å². The van der Waals surface area contributed by atoms with E-state index in [0.717, 1.165) is 32.5 Å². The van der Waals surface area contributed by atoms with Crippen molar-refractivity contribution in [3.8, 4) is 0 Å². The summed E-state index contributed by atoms with van der Waals surface area (Å²) in [6.45, 7) is 9.38. The van der Waals surface area contributed by atoms with Crippen LogP contribution in [0.25, 0.3) is 10.8 Å². The molecule has 1 amide bonds. The molecule has 0 heterocycles. The van der Waals surface area contributed by atoms with Gasteiger partial charge in [-0.3, -0.25) is 14.9 Å². The first-order valence-corrected chi connectivity index (χ1v) is 9.17. The molecule has 0 radical (unpaired) electrons. The van der Waals surface area contributed by atoms with Gasteiger partial charge in [-0.05, 0) is 51.5 Å². The first kappa shape index (κ1) is 22.9. The van der Waals surface area contributed by atoms with Crippen molar-refractivity contribution in [2.24, 2.45) is 0 Å². The highest BCUT2D eigenvalue weighted by molar-refractivity contribution is 6.09. The molecule has 0 saturated heterocycles. The Kier molecular flexibility index (Phi) is 9.18. The van der Waals surface area contributed by atoms with E-state index in [2.05, 4.69) is 24.1 Å². The number of benzene rings is 2. The van der Waals surface area contributed by atoms with Crippen molar-refractivity contribution in [1.82, 2.24) is 10.2 Å². The fourth-order valence-electron chi connectivity index (χ4n) is 3.19. The number of hydrogen-bond acceptors (Lipinski definition) is 4. The number of nitrogens with zero attached hydrogens (tertiary/aromatic N) is 2. The average molecular weight is 394 g/mol. The summed E-state index contributed by atoms with van der Waals surface area (Å²) < 4.78 is 0. The number of rotatable bonds is 9. The summed E-state index contributed by atoms with van der Waals surface area (Å²) in [4.78, 5) is 25.8. The van der Waals surface area contributed by atoms with Crippen molar-refractivity contribution in [1.29, 1.82) is 0 Å². The smallest absolute Gasteiger partial charge is 0.277 e. The van der Waals surface area contributed by atoms with Crippen molar-refractivity contribution in [2.45, 2.75) is 39.7 Å². The highest BCUT2D eigenvalue weighted by Gasteiger charge is 2.17. The number of hydrogen-bond donors (Lipinski definition) is 1. The molecule has 0 aliphatic heterocycles. The molecule has 0 aliphatic rings. The second kappa shape index (κ2) is 10.8. The van der Waals surface area contributed by atoms with E-state index in [0.29, 0.717) is 16.3 Å². The van der Waals surface area contributed by atoms with Gasteiger partial charge in [-0.25, -0.2) is 0 Å². The first-order chi connectivity index (χ1) is 12.5. The number of halogens is 1. The maximum absolute atomic E-state index is 12.7. The Morgan fingerprint density at radius 2 is 1.78 bits per heavy atom. The number of carbonyl (C=O) groups excluding carboxylic acids is 1. The standard InChI is InChI=1S/C20H27N3O3.ClH/c1-4-22(5-2)14-8-9-15(3)21-20(24)18-12-6-11-17-16(18)10-7-13-19(17)23(25)26;/h6-7,10-13,15H,4-5,8-9,14H2,1-3H3,(H,21,24);1H. The third-order valence-corrected chi connectivity index (χ3v) is 4.72. The maximum Gasteiger partial charge on any atom is 0.277 e. The molecule has 0 spiro atoms. The predicted molar refractivity (Wildman–Crippen MR) is 112 cm³/mol. The van der Waals surface area contributed by atoms with E-state index in [9.17, 15) is 14.9 Å². The minimum absolute atomic E-state index is 0. The molecular weight excluding hydrogens is 366 g/mol. The van der Waals surface area contributed by atoms with Gasteiger partial charge < -0.3 is 10.2 Å². The number of amides is 1. The van der Waals surface area contributed by atoms with Crippen LogP contribution in [0.2, 0.25) is 0 Å². The van der Waals surface area contributed by atoms with Gasteiger partial charge in [0, 0.05) is 23.1 Å². The Bertz CT molecular complexity index is 778. The summed E-state index contributed by atoms with van der Waals surface area (Å²) in [7, 11) is 0. The monoisotopic (exact) mass is 393 g/mol. The summed E-state index contributed by atoms with van der Waals surface area (Å²) in [6.07, 6.45) is 1.91. The van der Waals surface area contributed by atoms with E-state index in [1.54, 1.807) is 30.3 Å². The predicted octanol–water partition coefficient (Wildman–Crippen LogP) is 4.41. The van der Waals surface area contributed by atoms with Crippen molar-refractivity contribution >= 4 is 34.8 Å². The molecule has 0 aromatic heterocycles. The molecule has 7 heteroatoms. The highest BCUT2D eigenvalue weighted by atomic mass is 35.5. The van der Waals surface area contributed by atoms with Gasteiger partial charge in [-0.2, -0.15) is 0 Å². The number of fused-ring (bicyclic) bond motifs is 1. The van der Waals surface area contributed by atoms with E-state index in [4.69, 9.17) is 0 Å². The zero-order valence-corrected chi connectivity index (χ0v) is 16.9. The molecule has 148 valence electrons. The Morgan fingerprint density at radius 1 is 1.15 bits per heavy atom. The molecule has 0 bridgehead atoms. The maximum atomic E-state index is 12.7. The van der Waals surface area contributed by atoms with Gasteiger partial charge in [-0.1, -0.05) is 32.0 Å². The van der Waals surface area contributed by atoms with Gasteiger partial charge in [0.05, 0.1) is 10.3 Å². The Hall–Kier alpha value is -2.18. The lowest BCUT2D eigenvalue weighted by Gasteiger charge is -2.20. The Balaban J connectivity index is 0.00000364. The van der Waals surface area contributed by atoms with Gasteiger partial charge in [0.1, 0.15) is 0 Å². The van der Waals surface area contributed by atoms with Crippen molar-refractivity contribution in [3.63, 3.8) is 0 Å². The number of non-ortho nitro benzene ring substituents is 1. The van der Waals surface area contributed by atoms with Gasteiger partial charge in [0.25, 0.3) is 11.6 Å². The van der Waals surface area contributed by atoms with Crippen molar-refractivity contribution < 1.29 is 9.72 Å². The lowest BCUT2D eigenvalue weighted by molar-refractivity contribution is -0.383. The fourth-order valence-corrected chi connectivity index (χ4v) is 3.19. The number of nitro groups is 1. The van der Waals surface area contributed by atoms with Gasteiger partial charge in [0.15, 0.2) is 0 Å². The van der Waals surface area contributed by atoms with Crippen LogP contribution < -0.4 is 5.32 Å². The van der Waals surface area contributed by atoms with Crippen LogP contribution in [0.4, 0.5) is 5.69 Å². The van der Waals surface area contributed by atoms with Crippen LogP contribution in [0.5, 0.6) is 0 Å². The van der Waals surface area contributed by atoms with Gasteiger partial charge in [0.2, 0.25) is 0 Å². The highest BCUT2D eigenvalue weighted by Crippen LogP contribution is 2.27. The molecule has 1 atom stereocenters. The molecule has 2 aromatic carbocycles. The second-order valence-electron chi connectivity index (χ2n) is 6.48. The molecule has 1 unspecified atom stereocenters. The van der Waals surface area contributed by atoms with Crippen molar-refractivity contribution in [3.05, 3.63) is 52.1 Å². The Morgan fingerprint density at radius 3 is 2.41 bits per heavy atom. The summed E-state index contributed by atoms with van der Waals surface area (Å²) in [5.74, 6) is -0.188. The SMILES string of the molecule is CCN(CC)CCCC(C)NC(=O)c1cccc2c([N+](=O)[O-])cccc12.Cl. The minimum Gasteiger partial charge on any atom is -0.350 e. The molecular formula is C20H28ClN3O3. The van der Waals surface area contributed by atoms with Crippen LogP contribution >= 0.6 is 12.4 Å². The van der Waals surface area contributed by atoms with Crippen LogP contribution in [0.1, 0.15) is 44.0 Å². The lowest BCUT2D eigenvalue weighted by atomic mass is 10.0. The average Bonchev–Trinajstić information content (AvgIpc) is 2.64. The van der Waals surface area contributed by atoms with Crippen LogP contribution in [0, 0.1) is 10.1 Å². The normalized spacial score (nSPS) is 11.9. The lowest BCUT2D eigenvalue weighted by Crippen LogP contribution is -2.33. The largest absolute Gasteiger partial charge is 0.350 e. The van der Waals surface area contributed by atoms with E-state index in [1.165, 1.54) is 6.07 Å². The third kappa shape index (κ3) is 5.91. The summed E-state index contributed by atoms with van der Waals surface area (Å²) in [5, 5.41) is 15.3. The van der Waals surface area contributed by atoms with Crippen LogP contribution in [0.15, 0.2) is 36.4 Å². The van der Waals surface area contributed by atoms with Crippen LogP contribution in [0.3, 0.4) is 0 Å².